The zero-order valence-electron chi connectivity index (χ0n) is 5.02. The van der Waals surface area contributed by atoms with Gasteiger partial charge in [0, 0.05) is 0 Å². The van der Waals surface area contributed by atoms with Crippen molar-refractivity contribution in [2.75, 3.05) is 0 Å². The second-order valence-electron chi connectivity index (χ2n) is 1.62. The summed E-state index contributed by atoms with van der Waals surface area (Å²) < 4.78 is 71.1. The summed E-state index contributed by atoms with van der Waals surface area (Å²) in [6.45, 7) is 0. The Morgan fingerprint density at radius 1 is 0.750 bits per heavy atom. The summed E-state index contributed by atoms with van der Waals surface area (Å²) in [7, 11) is 0. The lowest BCUT2D eigenvalue weighted by atomic mass is 10.4. The number of hydrogen-bond donors (Lipinski definition) is 0. The summed E-state index contributed by atoms with van der Waals surface area (Å²) in [5.74, 6) is -5.71. The summed E-state index contributed by atoms with van der Waals surface area (Å²) in [6.07, 6.45) is 0. The van der Waals surface area contributed by atoms with E-state index in [9.17, 15) is 26.3 Å². The van der Waals surface area contributed by atoms with Crippen molar-refractivity contribution in [1.82, 2.24) is 0 Å². The van der Waals surface area contributed by atoms with E-state index in [0.29, 0.717) is 0 Å². The molecule has 0 aromatic carbocycles. The molecule has 0 unspecified atom stereocenters. The van der Waals surface area contributed by atoms with E-state index in [4.69, 9.17) is 0 Å². The zero-order valence-corrected chi connectivity index (χ0v) is 8.20. The van der Waals surface area contributed by atoms with Gasteiger partial charge in [0.25, 0.3) is 0 Å². The van der Waals surface area contributed by atoms with Gasteiger partial charge in [-0.2, -0.15) is 17.6 Å². The van der Waals surface area contributed by atoms with Gasteiger partial charge in [-0.15, -0.1) is 0 Å². The molecular formula is C4Br2F6. The summed E-state index contributed by atoms with van der Waals surface area (Å²) in [4.78, 5) is -8.84. The summed E-state index contributed by atoms with van der Waals surface area (Å²) >= 11 is 2.75. The van der Waals surface area contributed by atoms with Gasteiger partial charge in [0.2, 0.25) is 11.7 Å². The van der Waals surface area contributed by atoms with Crippen LogP contribution in [-0.4, -0.2) is 9.66 Å². The predicted octanol–water partition coefficient (Wildman–Crippen LogP) is 4.11. The van der Waals surface area contributed by atoms with Crippen LogP contribution in [0.25, 0.3) is 0 Å². The fourth-order valence-corrected chi connectivity index (χ4v) is 0.597. The SMILES string of the molecule is FC(=C(F)C(F)(F)Br)C(F)(F)Br. The van der Waals surface area contributed by atoms with Crippen LogP contribution in [0.15, 0.2) is 11.7 Å². The Hall–Kier alpha value is 0.280. The summed E-state index contributed by atoms with van der Waals surface area (Å²) in [5, 5.41) is 0. The van der Waals surface area contributed by atoms with Crippen LogP contribution in [-0.2, 0) is 0 Å². The molecule has 0 aliphatic heterocycles. The lowest BCUT2D eigenvalue weighted by Crippen LogP contribution is -2.15. The quantitative estimate of drug-likeness (QED) is 0.530. The Morgan fingerprint density at radius 2 is 0.917 bits per heavy atom. The van der Waals surface area contributed by atoms with Crippen molar-refractivity contribution in [3.8, 4) is 0 Å². The van der Waals surface area contributed by atoms with Crippen molar-refractivity contribution in [2.24, 2.45) is 0 Å². The van der Waals surface area contributed by atoms with E-state index in [1.165, 1.54) is 31.9 Å². The normalized spacial score (nSPS) is 16.0. The molecule has 0 fully saturated rings. The van der Waals surface area contributed by atoms with Gasteiger partial charge >= 0.3 is 9.66 Å². The van der Waals surface area contributed by atoms with Crippen LogP contribution in [0.2, 0.25) is 0 Å². The molecule has 0 aliphatic rings. The van der Waals surface area contributed by atoms with Crippen molar-refractivity contribution >= 4 is 31.9 Å². The van der Waals surface area contributed by atoms with Crippen LogP contribution in [0, 0.1) is 0 Å². The highest BCUT2D eigenvalue weighted by molar-refractivity contribution is 9.10. The first-order valence-corrected chi connectivity index (χ1v) is 3.85. The van der Waals surface area contributed by atoms with Crippen LogP contribution in [0.4, 0.5) is 26.3 Å². The minimum atomic E-state index is -4.42. The molecule has 0 atom stereocenters. The van der Waals surface area contributed by atoms with E-state index in [2.05, 4.69) is 0 Å². The van der Waals surface area contributed by atoms with Gasteiger partial charge in [-0.1, -0.05) is 0 Å². The van der Waals surface area contributed by atoms with E-state index >= 15 is 0 Å². The molecule has 0 radical (unpaired) electrons. The Kier molecular flexibility index (Phi) is 3.65. The van der Waals surface area contributed by atoms with Gasteiger partial charge in [-0.3, -0.25) is 0 Å². The summed E-state index contributed by atoms with van der Waals surface area (Å²) in [5.41, 5.74) is 0. The second-order valence-corrected chi connectivity index (χ2v) is 3.62. The predicted molar refractivity (Wildman–Crippen MR) is 37.0 cm³/mol. The number of allylic oxidation sites excluding steroid dienone is 2. The summed E-state index contributed by atoms with van der Waals surface area (Å²) in [6, 6.07) is 0. The lowest BCUT2D eigenvalue weighted by Gasteiger charge is -2.09. The van der Waals surface area contributed by atoms with Crippen LogP contribution in [0.3, 0.4) is 0 Å². The molecule has 8 heteroatoms. The van der Waals surface area contributed by atoms with E-state index in [1.807, 2.05) is 0 Å². The minimum absolute atomic E-state index is 1.38. The van der Waals surface area contributed by atoms with Gasteiger partial charge in [0.15, 0.2) is 0 Å². The molecule has 0 amide bonds. The molecule has 0 saturated carbocycles. The van der Waals surface area contributed by atoms with E-state index in [1.54, 1.807) is 0 Å². The molecule has 0 heterocycles. The molecule has 0 rings (SSSR count). The largest absolute Gasteiger partial charge is 0.355 e. The van der Waals surface area contributed by atoms with Crippen molar-refractivity contribution in [1.29, 1.82) is 0 Å². The van der Waals surface area contributed by atoms with Gasteiger partial charge in [-0.05, 0) is 31.9 Å². The maximum atomic E-state index is 12.0. The van der Waals surface area contributed by atoms with E-state index in [-0.39, 0.29) is 0 Å². The molecule has 12 heavy (non-hydrogen) atoms. The second kappa shape index (κ2) is 3.57. The fraction of sp³-hybridized carbons (Fsp3) is 0.500. The van der Waals surface area contributed by atoms with Crippen molar-refractivity contribution < 1.29 is 26.3 Å². The third-order valence-electron chi connectivity index (χ3n) is 0.690. The Balaban J connectivity index is 4.96. The molecular weight excluding hydrogens is 322 g/mol. The number of alkyl halides is 6. The molecule has 0 N–H and O–H groups in total. The third kappa shape index (κ3) is 3.34. The number of hydrogen-bond acceptors (Lipinski definition) is 0. The van der Waals surface area contributed by atoms with Crippen LogP contribution in [0.1, 0.15) is 0 Å². The zero-order chi connectivity index (χ0) is 10.2. The third-order valence-corrected chi connectivity index (χ3v) is 1.39. The highest BCUT2D eigenvalue weighted by Crippen LogP contribution is 2.41. The van der Waals surface area contributed by atoms with Crippen molar-refractivity contribution in [3.05, 3.63) is 11.7 Å². The standard InChI is InChI=1S/C4Br2F6/c5-3(9,10)1(7)2(8)4(6,11)12. The highest BCUT2D eigenvalue weighted by Gasteiger charge is 2.43. The molecule has 0 aromatic heterocycles. The van der Waals surface area contributed by atoms with E-state index in [0.717, 1.165) is 0 Å². The molecule has 0 bridgehead atoms. The van der Waals surface area contributed by atoms with Crippen molar-refractivity contribution in [3.63, 3.8) is 0 Å². The van der Waals surface area contributed by atoms with E-state index < -0.39 is 21.3 Å². The first kappa shape index (κ1) is 12.3. The molecule has 0 nitrogen and oxygen atoms in total. The molecule has 0 aromatic rings. The highest BCUT2D eigenvalue weighted by atomic mass is 79.9. The van der Waals surface area contributed by atoms with Gasteiger partial charge in [-0.25, -0.2) is 8.78 Å². The molecule has 72 valence electrons. The maximum Gasteiger partial charge on any atom is 0.355 e. The molecule has 0 spiro atoms. The first-order chi connectivity index (χ1) is 5.07. The number of rotatable bonds is 2. The lowest BCUT2D eigenvalue weighted by molar-refractivity contribution is 0.0869. The van der Waals surface area contributed by atoms with Crippen LogP contribution >= 0.6 is 31.9 Å². The average Bonchev–Trinajstić information content (AvgIpc) is 1.80. The Bertz CT molecular complexity index is 177. The van der Waals surface area contributed by atoms with Gasteiger partial charge in [0.1, 0.15) is 0 Å². The molecule has 0 aliphatic carbocycles. The van der Waals surface area contributed by atoms with Crippen LogP contribution < -0.4 is 0 Å². The smallest absolute Gasteiger partial charge is 0.201 e. The van der Waals surface area contributed by atoms with Crippen molar-refractivity contribution in [2.45, 2.75) is 9.66 Å². The number of halogens is 8. The molecule has 0 saturated heterocycles. The average molecular weight is 322 g/mol. The monoisotopic (exact) mass is 320 g/mol. The fourth-order valence-electron chi connectivity index (χ4n) is 0.249. The maximum absolute atomic E-state index is 12.0. The Labute approximate surface area is 79.9 Å². The topological polar surface area (TPSA) is 0 Å². The minimum Gasteiger partial charge on any atom is -0.201 e. The van der Waals surface area contributed by atoms with Crippen LogP contribution in [0.5, 0.6) is 0 Å². The van der Waals surface area contributed by atoms with Gasteiger partial charge < -0.3 is 0 Å². The van der Waals surface area contributed by atoms with Gasteiger partial charge in [0.05, 0.1) is 0 Å². The Morgan fingerprint density at radius 3 is 1.00 bits per heavy atom. The first-order valence-electron chi connectivity index (χ1n) is 2.26.